The molecule has 0 aromatic heterocycles. The van der Waals surface area contributed by atoms with Gasteiger partial charge in [0.2, 0.25) is 5.91 Å². The first-order valence-corrected chi connectivity index (χ1v) is 7.98. The first kappa shape index (κ1) is 16.9. The van der Waals surface area contributed by atoms with Crippen LogP contribution in [0, 0.1) is 11.3 Å². The number of hydrogen-bond donors (Lipinski definition) is 2. The third-order valence-corrected chi connectivity index (χ3v) is 4.00. The van der Waals surface area contributed by atoms with Gasteiger partial charge in [0.25, 0.3) is 0 Å². The highest BCUT2D eigenvalue weighted by Crippen LogP contribution is 2.11. The van der Waals surface area contributed by atoms with Gasteiger partial charge in [-0.1, -0.05) is 61.5 Å². The van der Waals surface area contributed by atoms with Crippen LogP contribution in [0.5, 0.6) is 0 Å². The maximum atomic E-state index is 12.0. The molecule has 1 unspecified atom stereocenters. The quantitative estimate of drug-likeness (QED) is 0.752. The summed E-state index contributed by atoms with van der Waals surface area (Å²) < 4.78 is 0. The Hall–Kier alpha value is -2.42. The second kappa shape index (κ2) is 8.28. The molecule has 0 spiro atoms. The van der Waals surface area contributed by atoms with Gasteiger partial charge in [-0.2, -0.15) is 0 Å². The van der Waals surface area contributed by atoms with E-state index in [2.05, 4.69) is 24.4 Å². The van der Waals surface area contributed by atoms with E-state index in [9.17, 15) is 4.79 Å². The van der Waals surface area contributed by atoms with Crippen LogP contribution in [-0.2, 0) is 24.2 Å². The number of nitrogens with one attached hydrogen (secondary N) is 2. The van der Waals surface area contributed by atoms with Crippen molar-refractivity contribution in [3.05, 3.63) is 71.3 Å². The molecule has 2 rings (SSSR count). The van der Waals surface area contributed by atoms with E-state index in [0.717, 1.165) is 17.5 Å². The molecule has 0 aliphatic heterocycles. The smallest absolute Gasteiger partial charge is 0.224 e. The summed E-state index contributed by atoms with van der Waals surface area (Å²) in [6.45, 7) is 4.47. The summed E-state index contributed by atoms with van der Waals surface area (Å²) in [5.41, 5.74) is 4.03. The predicted molar refractivity (Wildman–Crippen MR) is 94.7 cm³/mol. The molecule has 0 bridgehead atoms. The number of rotatable bonds is 7. The van der Waals surface area contributed by atoms with Crippen LogP contribution >= 0.6 is 0 Å². The van der Waals surface area contributed by atoms with E-state index in [1.165, 1.54) is 5.56 Å². The van der Waals surface area contributed by atoms with E-state index in [4.69, 9.17) is 5.41 Å². The topological polar surface area (TPSA) is 53.0 Å². The zero-order chi connectivity index (χ0) is 16.7. The van der Waals surface area contributed by atoms with E-state index in [-0.39, 0.29) is 11.8 Å². The van der Waals surface area contributed by atoms with Gasteiger partial charge in [-0.15, -0.1) is 0 Å². The van der Waals surface area contributed by atoms with Crippen molar-refractivity contribution in [2.45, 2.75) is 33.2 Å². The van der Waals surface area contributed by atoms with Crippen LogP contribution < -0.4 is 5.32 Å². The van der Waals surface area contributed by atoms with Gasteiger partial charge in [0.15, 0.2) is 0 Å². The summed E-state index contributed by atoms with van der Waals surface area (Å²) in [4.78, 5) is 12.0. The van der Waals surface area contributed by atoms with Crippen molar-refractivity contribution in [3.63, 3.8) is 0 Å². The first-order chi connectivity index (χ1) is 11.0. The number of benzene rings is 2. The van der Waals surface area contributed by atoms with Gasteiger partial charge in [0, 0.05) is 12.3 Å². The summed E-state index contributed by atoms with van der Waals surface area (Å²) in [6, 6.07) is 18.0. The Kier molecular flexibility index (Phi) is 6.10. The minimum atomic E-state index is 0.0327. The van der Waals surface area contributed by atoms with Crippen LogP contribution in [0.1, 0.15) is 30.5 Å². The lowest BCUT2D eigenvalue weighted by molar-refractivity contribution is -0.120. The molecule has 0 aliphatic rings. The Morgan fingerprint density at radius 3 is 2.22 bits per heavy atom. The van der Waals surface area contributed by atoms with Crippen LogP contribution in [0.2, 0.25) is 0 Å². The van der Waals surface area contributed by atoms with Gasteiger partial charge in [-0.05, 0) is 36.0 Å². The van der Waals surface area contributed by atoms with Crippen molar-refractivity contribution in [2.75, 3.05) is 0 Å². The van der Waals surface area contributed by atoms with Gasteiger partial charge in [0.05, 0.1) is 6.42 Å². The summed E-state index contributed by atoms with van der Waals surface area (Å²) in [5.74, 6) is 0.292. The fourth-order valence-electron chi connectivity index (χ4n) is 2.34. The van der Waals surface area contributed by atoms with Crippen molar-refractivity contribution in [1.29, 1.82) is 5.41 Å². The zero-order valence-corrected chi connectivity index (χ0v) is 13.8. The first-order valence-electron chi connectivity index (χ1n) is 7.98. The Balaban J connectivity index is 1.83. The fraction of sp³-hybridized carbons (Fsp3) is 0.300. The number of hydrogen-bond acceptors (Lipinski definition) is 2. The van der Waals surface area contributed by atoms with Crippen LogP contribution in [0.15, 0.2) is 54.6 Å². The lowest BCUT2D eigenvalue weighted by Gasteiger charge is -2.10. The molecule has 0 saturated carbocycles. The average Bonchev–Trinajstić information content (AvgIpc) is 2.55. The molecule has 1 amide bonds. The highest BCUT2D eigenvalue weighted by atomic mass is 16.1. The van der Waals surface area contributed by atoms with Gasteiger partial charge >= 0.3 is 0 Å². The van der Waals surface area contributed by atoms with Crippen LogP contribution in [0.25, 0.3) is 0 Å². The van der Waals surface area contributed by atoms with Crippen LogP contribution in [-0.4, -0.2) is 11.6 Å². The Morgan fingerprint density at radius 1 is 1.00 bits per heavy atom. The summed E-state index contributed by atoms with van der Waals surface area (Å²) in [6.07, 6.45) is 1.27. The van der Waals surface area contributed by atoms with E-state index in [1.54, 1.807) is 0 Å². The molecule has 0 saturated heterocycles. The molecule has 3 heteroatoms. The standard InChI is InChI=1S/C20H24N2O/c1-15(16(2)21)12-17-8-10-18(11-9-17)13-20(23)22-14-19-6-4-3-5-7-19/h3-11,15,21H,12-14H2,1-2H3,(H,22,23). The highest BCUT2D eigenvalue weighted by molar-refractivity contribution is 5.81. The lowest BCUT2D eigenvalue weighted by Crippen LogP contribution is -2.24. The number of amides is 1. The second-order valence-corrected chi connectivity index (χ2v) is 6.04. The molecule has 120 valence electrons. The Morgan fingerprint density at radius 2 is 1.61 bits per heavy atom. The maximum Gasteiger partial charge on any atom is 0.224 e. The van der Waals surface area contributed by atoms with Crippen LogP contribution in [0.4, 0.5) is 0 Å². The van der Waals surface area contributed by atoms with E-state index in [0.29, 0.717) is 18.7 Å². The Labute approximate surface area is 138 Å². The highest BCUT2D eigenvalue weighted by Gasteiger charge is 2.07. The van der Waals surface area contributed by atoms with E-state index < -0.39 is 0 Å². The van der Waals surface area contributed by atoms with Gasteiger partial charge in [0.1, 0.15) is 0 Å². The predicted octanol–water partition coefficient (Wildman–Crippen LogP) is 3.76. The molecule has 23 heavy (non-hydrogen) atoms. The molecule has 2 N–H and O–H groups in total. The Bertz CT molecular complexity index is 647. The molecule has 0 heterocycles. The molecule has 2 aromatic carbocycles. The molecular weight excluding hydrogens is 284 g/mol. The summed E-state index contributed by atoms with van der Waals surface area (Å²) >= 11 is 0. The minimum absolute atomic E-state index is 0.0327. The van der Waals surface area contributed by atoms with Crippen molar-refractivity contribution in [3.8, 4) is 0 Å². The molecule has 0 radical (unpaired) electrons. The number of carbonyl (C=O) groups excluding carboxylic acids is 1. The molecule has 2 aromatic rings. The molecule has 3 nitrogen and oxygen atoms in total. The van der Waals surface area contributed by atoms with Crippen LogP contribution in [0.3, 0.4) is 0 Å². The van der Waals surface area contributed by atoms with E-state index >= 15 is 0 Å². The average molecular weight is 308 g/mol. The van der Waals surface area contributed by atoms with E-state index in [1.807, 2.05) is 49.4 Å². The third kappa shape index (κ3) is 5.70. The summed E-state index contributed by atoms with van der Waals surface area (Å²) in [5, 5.41) is 10.6. The lowest BCUT2D eigenvalue weighted by atomic mass is 9.96. The molecular formula is C20H24N2O. The fourth-order valence-corrected chi connectivity index (χ4v) is 2.34. The largest absolute Gasteiger partial charge is 0.352 e. The second-order valence-electron chi connectivity index (χ2n) is 6.04. The normalized spacial score (nSPS) is 11.7. The minimum Gasteiger partial charge on any atom is -0.352 e. The molecule has 0 fully saturated rings. The summed E-state index contributed by atoms with van der Waals surface area (Å²) in [7, 11) is 0. The van der Waals surface area contributed by atoms with Crippen molar-refractivity contribution in [1.82, 2.24) is 5.32 Å². The molecule has 1 atom stereocenters. The third-order valence-electron chi connectivity index (χ3n) is 4.00. The van der Waals surface area contributed by atoms with Gasteiger partial charge < -0.3 is 10.7 Å². The van der Waals surface area contributed by atoms with Gasteiger partial charge in [-0.3, -0.25) is 4.79 Å². The number of carbonyl (C=O) groups is 1. The monoisotopic (exact) mass is 308 g/mol. The van der Waals surface area contributed by atoms with Crippen molar-refractivity contribution >= 4 is 11.6 Å². The molecule has 0 aliphatic carbocycles. The van der Waals surface area contributed by atoms with Crippen molar-refractivity contribution < 1.29 is 4.79 Å². The van der Waals surface area contributed by atoms with Crippen molar-refractivity contribution in [2.24, 2.45) is 5.92 Å². The maximum absolute atomic E-state index is 12.0. The van der Waals surface area contributed by atoms with Gasteiger partial charge in [-0.25, -0.2) is 0 Å². The SMILES string of the molecule is CC(=N)C(C)Cc1ccc(CC(=O)NCc2ccccc2)cc1. The zero-order valence-electron chi connectivity index (χ0n) is 13.8.